The van der Waals surface area contributed by atoms with Crippen molar-refractivity contribution in [2.24, 2.45) is 5.92 Å². The lowest BCUT2D eigenvalue weighted by Crippen LogP contribution is -2.27. The molecule has 0 amide bonds. The van der Waals surface area contributed by atoms with Gasteiger partial charge in [0.2, 0.25) is 0 Å². The number of carbonyl (C=O) groups excluding carboxylic acids is 1. The van der Waals surface area contributed by atoms with E-state index in [2.05, 4.69) is 45.9 Å². The molecular formula is C20H30O3. The van der Waals surface area contributed by atoms with E-state index in [4.69, 9.17) is 9.47 Å². The quantitative estimate of drug-likeness (QED) is 0.294. The van der Waals surface area contributed by atoms with Crippen molar-refractivity contribution in [3.63, 3.8) is 0 Å². The van der Waals surface area contributed by atoms with Crippen LogP contribution in [0.2, 0.25) is 0 Å². The maximum atomic E-state index is 11.2. The molecule has 1 heterocycles. The van der Waals surface area contributed by atoms with E-state index in [1.807, 2.05) is 6.08 Å². The Balaban J connectivity index is 2.55. The van der Waals surface area contributed by atoms with Gasteiger partial charge in [0.1, 0.15) is 0 Å². The van der Waals surface area contributed by atoms with Crippen LogP contribution in [0, 0.1) is 5.92 Å². The summed E-state index contributed by atoms with van der Waals surface area (Å²) in [5, 5.41) is 0. The molecule has 0 bridgehead atoms. The molecule has 0 fully saturated rings. The number of carbonyl (C=O) groups is 1. The van der Waals surface area contributed by atoms with Gasteiger partial charge in [-0.3, -0.25) is 0 Å². The normalized spacial score (nSPS) is 24.0. The zero-order valence-electron chi connectivity index (χ0n) is 15.0. The molecule has 0 saturated carbocycles. The Kier molecular flexibility index (Phi) is 8.64. The Morgan fingerprint density at radius 2 is 2.17 bits per heavy atom. The minimum atomic E-state index is -0.306. The fourth-order valence-electron chi connectivity index (χ4n) is 2.64. The predicted octanol–water partition coefficient (Wildman–Crippen LogP) is 4.76. The molecule has 0 aromatic rings. The molecule has 3 atom stereocenters. The van der Waals surface area contributed by atoms with Gasteiger partial charge in [-0.05, 0) is 50.7 Å². The van der Waals surface area contributed by atoms with Crippen LogP contribution in [-0.4, -0.2) is 24.8 Å². The summed E-state index contributed by atoms with van der Waals surface area (Å²) < 4.78 is 11.0. The Labute approximate surface area is 140 Å². The fraction of sp³-hybridized carbons (Fsp3) is 0.550. The summed E-state index contributed by atoms with van der Waals surface area (Å²) in [6, 6.07) is 0. The van der Waals surface area contributed by atoms with Gasteiger partial charge in [0.15, 0.2) is 0 Å². The van der Waals surface area contributed by atoms with Crippen molar-refractivity contribution < 1.29 is 14.3 Å². The van der Waals surface area contributed by atoms with Crippen molar-refractivity contribution in [2.75, 3.05) is 6.61 Å². The lowest BCUT2D eigenvalue weighted by atomic mass is 9.96. The average molecular weight is 318 g/mol. The summed E-state index contributed by atoms with van der Waals surface area (Å²) in [5.41, 5.74) is 2.60. The third-order valence-corrected chi connectivity index (χ3v) is 3.94. The maximum Gasteiger partial charge on any atom is 0.330 e. The summed E-state index contributed by atoms with van der Waals surface area (Å²) in [7, 11) is 0. The van der Waals surface area contributed by atoms with E-state index < -0.39 is 0 Å². The second kappa shape index (κ2) is 10.2. The second-order valence-electron chi connectivity index (χ2n) is 5.97. The molecule has 1 rings (SSSR count). The number of hydrogen-bond acceptors (Lipinski definition) is 3. The monoisotopic (exact) mass is 318 g/mol. The summed E-state index contributed by atoms with van der Waals surface area (Å²) in [6.45, 7) is 10.8. The van der Waals surface area contributed by atoms with Crippen LogP contribution in [-0.2, 0) is 14.3 Å². The van der Waals surface area contributed by atoms with Crippen molar-refractivity contribution in [1.29, 1.82) is 0 Å². The van der Waals surface area contributed by atoms with Gasteiger partial charge in [-0.1, -0.05) is 44.2 Å². The van der Waals surface area contributed by atoms with Crippen molar-refractivity contribution in [1.82, 2.24) is 0 Å². The first-order valence-corrected chi connectivity index (χ1v) is 8.49. The summed E-state index contributed by atoms with van der Waals surface area (Å²) in [6.07, 6.45) is 14.0. The van der Waals surface area contributed by atoms with E-state index in [1.165, 1.54) is 17.2 Å². The minimum Gasteiger partial charge on any atom is -0.463 e. The van der Waals surface area contributed by atoms with Crippen LogP contribution in [0.5, 0.6) is 0 Å². The smallest absolute Gasteiger partial charge is 0.330 e. The highest BCUT2D eigenvalue weighted by atomic mass is 16.5. The number of allylic oxidation sites excluding steroid dienone is 4. The summed E-state index contributed by atoms with van der Waals surface area (Å²) in [4.78, 5) is 11.2. The van der Waals surface area contributed by atoms with Crippen LogP contribution >= 0.6 is 0 Å². The standard InChI is InChI=1S/C20H30O3/c1-6-18-16(4)12-13-19(23-18)17(5)14-15(3)10-8-9-11-20(21)22-7-2/h8-12,14-15,18-19H,6-7,13H2,1-5H3/b10-8+,11-9+,17-14+/t15-,18-,19-/m1/s1. The van der Waals surface area contributed by atoms with Gasteiger partial charge in [0, 0.05) is 6.08 Å². The van der Waals surface area contributed by atoms with Crippen LogP contribution in [0.4, 0.5) is 0 Å². The highest BCUT2D eigenvalue weighted by Crippen LogP contribution is 2.26. The van der Waals surface area contributed by atoms with Gasteiger partial charge in [-0.2, -0.15) is 0 Å². The average Bonchev–Trinajstić information content (AvgIpc) is 2.52. The van der Waals surface area contributed by atoms with E-state index in [-0.39, 0.29) is 24.1 Å². The largest absolute Gasteiger partial charge is 0.463 e. The SMILES string of the molecule is CCOC(=O)/C=C/C=C/[C@@H](C)/C=C(\C)[C@H]1CC=C(C)[C@@H](CC)O1. The molecular weight excluding hydrogens is 288 g/mol. The minimum absolute atomic E-state index is 0.176. The molecule has 1 aliphatic heterocycles. The Morgan fingerprint density at radius 1 is 1.43 bits per heavy atom. The Morgan fingerprint density at radius 3 is 2.83 bits per heavy atom. The zero-order valence-corrected chi connectivity index (χ0v) is 15.0. The highest BCUT2D eigenvalue weighted by molar-refractivity contribution is 5.82. The molecule has 23 heavy (non-hydrogen) atoms. The van der Waals surface area contributed by atoms with E-state index in [9.17, 15) is 4.79 Å². The van der Waals surface area contributed by atoms with Gasteiger partial charge in [-0.25, -0.2) is 4.79 Å². The second-order valence-corrected chi connectivity index (χ2v) is 5.97. The van der Waals surface area contributed by atoms with Crippen molar-refractivity contribution in [3.05, 3.63) is 47.6 Å². The first-order valence-electron chi connectivity index (χ1n) is 8.49. The van der Waals surface area contributed by atoms with Crippen LogP contribution in [0.3, 0.4) is 0 Å². The summed E-state index contributed by atoms with van der Waals surface area (Å²) in [5.74, 6) is -0.0163. The van der Waals surface area contributed by atoms with Crippen molar-refractivity contribution >= 4 is 5.97 Å². The molecule has 1 aliphatic rings. The fourth-order valence-corrected chi connectivity index (χ4v) is 2.64. The molecule has 0 aliphatic carbocycles. The number of rotatable bonds is 7. The van der Waals surface area contributed by atoms with E-state index in [0.29, 0.717) is 6.61 Å². The molecule has 0 aromatic heterocycles. The molecule has 0 unspecified atom stereocenters. The third-order valence-electron chi connectivity index (χ3n) is 3.94. The lowest BCUT2D eigenvalue weighted by Gasteiger charge is -2.29. The number of esters is 1. The number of ether oxygens (including phenoxy) is 2. The lowest BCUT2D eigenvalue weighted by molar-refractivity contribution is -0.137. The van der Waals surface area contributed by atoms with E-state index in [0.717, 1.165) is 12.8 Å². The van der Waals surface area contributed by atoms with Gasteiger partial charge in [0.05, 0.1) is 18.8 Å². The van der Waals surface area contributed by atoms with Crippen LogP contribution < -0.4 is 0 Å². The Bertz CT molecular complexity index is 497. The topological polar surface area (TPSA) is 35.5 Å². The molecule has 0 N–H and O–H groups in total. The first-order chi connectivity index (χ1) is 11.0. The molecule has 128 valence electrons. The van der Waals surface area contributed by atoms with Gasteiger partial charge in [-0.15, -0.1) is 0 Å². The van der Waals surface area contributed by atoms with Crippen LogP contribution in [0.1, 0.15) is 47.5 Å². The molecule has 0 spiro atoms. The van der Waals surface area contributed by atoms with Gasteiger partial charge < -0.3 is 9.47 Å². The predicted molar refractivity (Wildman–Crippen MR) is 95.2 cm³/mol. The van der Waals surface area contributed by atoms with Crippen molar-refractivity contribution in [3.8, 4) is 0 Å². The highest BCUT2D eigenvalue weighted by Gasteiger charge is 2.22. The van der Waals surface area contributed by atoms with Crippen LogP contribution in [0.15, 0.2) is 47.6 Å². The Hall–Kier alpha value is -1.61. The van der Waals surface area contributed by atoms with Crippen LogP contribution in [0.25, 0.3) is 0 Å². The maximum absolute atomic E-state index is 11.2. The molecule has 3 nitrogen and oxygen atoms in total. The number of hydrogen-bond donors (Lipinski definition) is 0. The molecule has 0 radical (unpaired) electrons. The summed E-state index contributed by atoms with van der Waals surface area (Å²) >= 11 is 0. The van der Waals surface area contributed by atoms with Gasteiger partial charge >= 0.3 is 5.97 Å². The molecule has 0 saturated heterocycles. The first kappa shape index (κ1) is 19.4. The van der Waals surface area contributed by atoms with Gasteiger partial charge in [0.25, 0.3) is 0 Å². The zero-order chi connectivity index (χ0) is 17.2. The molecule has 0 aromatic carbocycles. The van der Waals surface area contributed by atoms with E-state index >= 15 is 0 Å². The molecule has 3 heteroatoms. The van der Waals surface area contributed by atoms with E-state index in [1.54, 1.807) is 13.0 Å². The third kappa shape index (κ3) is 7.00. The van der Waals surface area contributed by atoms with Crippen molar-refractivity contribution in [2.45, 2.75) is 59.7 Å².